The van der Waals surface area contributed by atoms with Gasteiger partial charge in [0.2, 0.25) is 5.88 Å². The van der Waals surface area contributed by atoms with Crippen molar-refractivity contribution in [3.63, 3.8) is 0 Å². The highest BCUT2D eigenvalue weighted by molar-refractivity contribution is 7.11. The van der Waals surface area contributed by atoms with E-state index in [1.807, 2.05) is 5.38 Å². The van der Waals surface area contributed by atoms with E-state index in [9.17, 15) is 0 Å². The Labute approximate surface area is 87.8 Å². The fraction of sp³-hybridized carbons (Fsp3) is 0.500. The van der Waals surface area contributed by atoms with Gasteiger partial charge in [-0.2, -0.15) is 0 Å². The van der Waals surface area contributed by atoms with Crippen LogP contribution in [0.5, 0.6) is 5.88 Å². The van der Waals surface area contributed by atoms with E-state index in [1.165, 1.54) is 11.1 Å². The molecular formula is C10H14N2OS. The van der Waals surface area contributed by atoms with Gasteiger partial charge in [-0.05, 0) is 19.9 Å². The lowest BCUT2D eigenvalue weighted by Gasteiger charge is -2.16. The molecule has 0 atom stereocenters. The van der Waals surface area contributed by atoms with Crippen molar-refractivity contribution in [2.24, 2.45) is 0 Å². The van der Waals surface area contributed by atoms with Gasteiger partial charge in [-0.1, -0.05) is 5.57 Å². The molecule has 0 spiro atoms. The fourth-order valence-electron chi connectivity index (χ4n) is 1.54. The summed E-state index contributed by atoms with van der Waals surface area (Å²) in [6.45, 7) is 4.20. The average molecular weight is 210 g/mol. The summed E-state index contributed by atoms with van der Waals surface area (Å²) < 4.78 is 5.08. The summed E-state index contributed by atoms with van der Waals surface area (Å²) in [5, 5.41) is 6.40. The van der Waals surface area contributed by atoms with Crippen LogP contribution in [0.3, 0.4) is 0 Å². The monoisotopic (exact) mass is 210 g/mol. The Kier molecular flexibility index (Phi) is 2.84. The normalized spacial score (nSPS) is 17.3. The van der Waals surface area contributed by atoms with Crippen molar-refractivity contribution in [1.82, 2.24) is 10.3 Å². The minimum absolute atomic E-state index is 0.718. The molecule has 4 heteroatoms. The highest BCUT2D eigenvalue weighted by Crippen LogP contribution is 2.27. The molecule has 0 aromatic carbocycles. The van der Waals surface area contributed by atoms with E-state index in [4.69, 9.17) is 4.74 Å². The standard InChI is InChI=1S/C10H14N2OS/c1-7-3-4-11-5-8(7)10-12-9(13-2)6-14-10/h6,11H,3-5H2,1-2H3. The number of aromatic nitrogens is 1. The SMILES string of the molecule is COc1csc(C2=C(C)CCNC2)n1. The third-order valence-corrected chi connectivity index (χ3v) is 3.32. The van der Waals surface area contributed by atoms with Gasteiger partial charge in [0.25, 0.3) is 0 Å². The van der Waals surface area contributed by atoms with E-state index in [1.54, 1.807) is 18.4 Å². The largest absolute Gasteiger partial charge is 0.480 e. The predicted octanol–water partition coefficient (Wildman–Crippen LogP) is 1.92. The summed E-state index contributed by atoms with van der Waals surface area (Å²) in [5.74, 6) is 0.718. The molecule has 0 bridgehead atoms. The van der Waals surface area contributed by atoms with Crippen LogP contribution in [-0.2, 0) is 0 Å². The average Bonchev–Trinajstić information content (AvgIpc) is 2.67. The molecule has 3 nitrogen and oxygen atoms in total. The smallest absolute Gasteiger partial charge is 0.224 e. The van der Waals surface area contributed by atoms with Gasteiger partial charge < -0.3 is 10.1 Å². The van der Waals surface area contributed by atoms with Crippen LogP contribution in [0.4, 0.5) is 0 Å². The van der Waals surface area contributed by atoms with Crippen LogP contribution in [0.25, 0.3) is 5.57 Å². The minimum atomic E-state index is 0.718. The second-order valence-electron chi connectivity index (χ2n) is 3.38. The summed E-state index contributed by atoms with van der Waals surface area (Å²) in [6.07, 6.45) is 1.12. The molecule has 0 saturated heterocycles. The van der Waals surface area contributed by atoms with E-state index in [0.717, 1.165) is 30.4 Å². The van der Waals surface area contributed by atoms with Gasteiger partial charge >= 0.3 is 0 Å². The Morgan fingerprint density at radius 1 is 1.57 bits per heavy atom. The topological polar surface area (TPSA) is 34.1 Å². The van der Waals surface area contributed by atoms with Crippen LogP contribution >= 0.6 is 11.3 Å². The third-order valence-electron chi connectivity index (χ3n) is 2.44. The number of hydrogen-bond donors (Lipinski definition) is 1. The van der Waals surface area contributed by atoms with Crippen molar-refractivity contribution in [3.8, 4) is 5.88 Å². The molecule has 0 saturated carbocycles. The molecule has 1 aromatic heterocycles. The Bertz CT molecular complexity index is 357. The van der Waals surface area contributed by atoms with Crippen molar-refractivity contribution < 1.29 is 4.74 Å². The lowest BCUT2D eigenvalue weighted by atomic mass is 10.0. The number of hydrogen-bond acceptors (Lipinski definition) is 4. The molecule has 0 amide bonds. The van der Waals surface area contributed by atoms with Crippen molar-refractivity contribution >= 4 is 16.9 Å². The van der Waals surface area contributed by atoms with Crippen LogP contribution in [0, 0.1) is 0 Å². The third kappa shape index (κ3) is 1.81. The Hall–Kier alpha value is -0.870. The molecule has 1 aliphatic heterocycles. The van der Waals surface area contributed by atoms with Gasteiger partial charge in [0.15, 0.2) is 0 Å². The quantitative estimate of drug-likeness (QED) is 0.809. The van der Waals surface area contributed by atoms with Crippen molar-refractivity contribution in [3.05, 3.63) is 16.0 Å². The van der Waals surface area contributed by atoms with Gasteiger partial charge in [-0.3, -0.25) is 0 Å². The zero-order valence-electron chi connectivity index (χ0n) is 8.46. The fourth-order valence-corrected chi connectivity index (χ4v) is 2.43. The highest BCUT2D eigenvalue weighted by Gasteiger charge is 2.13. The van der Waals surface area contributed by atoms with Crippen LogP contribution in [0.2, 0.25) is 0 Å². The van der Waals surface area contributed by atoms with Crippen LogP contribution in [0.1, 0.15) is 18.4 Å². The van der Waals surface area contributed by atoms with E-state index < -0.39 is 0 Å². The molecule has 2 rings (SSSR count). The van der Waals surface area contributed by atoms with E-state index in [-0.39, 0.29) is 0 Å². The van der Waals surface area contributed by atoms with E-state index >= 15 is 0 Å². The van der Waals surface area contributed by atoms with Crippen LogP contribution in [0.15, 0.2) is 11.0 Å². The van der Waals surface area contributed by atoms with Gasteiger partial charge in [-0.15, -0.1) is 11.3 Å². The molecular weight excluding hydrogens is 196 g/mol. The highest BCUT2D eigenvalue weighted by atomic mass is 32.1. The number of rotatable bonds is 2. The second-order valence-corrected chi connectivity index (χ2v) is 4.24. The number of thiazole rings is 1. The maximum Gasteiger partial charge on any atom is 0.224 e. The predicted molar refractivity (Wildman–Crippen MR) is 58.7 cm³/mol. The number of methoxy groups -OCH3 is 1. The van der Waals surface area contributed by atoms with E-state index in [0.29, 0.717) is 0 Å². The first kappa shape index (κ1) is 9.68. The summed E-state index contributed by atoms with van der Waals surface area (Å²) in [4.78, 5) is 4.40. The molecule has 1 aromatic rings. The van der Waals surface area contributed by atoms with E-state index in [2.05, 4.69) is 17.2 Å². The summed E-state index contributed by atoms with van der Waals surface area (Å²) in [5.41, 5.74) is 2.78. The number of nitrogens with one attached hydrogen (secondary N) is 1. The first-order valence-electron chi connectivity index (χ1n) is 4.70. The summed E-state index contributed by atoms with van der Waals surface area (Å²) >= 11 is 1.65. The van der Waals surface area contributed by atoms with Crippen molar-refractivity contribution in [2.45, 2.75) is 13.3 Å². The lowest BCUT2D eigenvalue weighted by Crippen LogP contribution is -2.23. The maximum atomic E-state index is 5.08. The van der Waals surface area contributed by atoms with Crippen molar-refractivity contribution in [1.29, 1.82) is 0 Å². The molecule has 2 heterocycles. The van der Waals surface area contributed by atoms with Gasteiger partial charge in [0.1, 0.15) is 5.01 Å². The maximum absolute atomic E-state index is 5.08. The first-order chi connectivity index (χ1) is 6.81. The molecule has 0 fully saturated rings. The molecule has 14 heavy (non-hydrogen) atoms. The zero-order chi connectivity index (χ0) is 9.97. The number of ether oxygens (including phenoxy) is 1. The second kappa shape index (κ2) is 4.11. The van der Waals surface area contributed by atoms with Gasteiger partial charge in [-0.25, -0.2) is 4.98 Å². The van der Waals surface area contributed by atoms with Gasteiger partial charge in [0, 0.05) is 12.1 Å². The molecule has 0 radical (unpaired) electrons. The minimum Gasteiger partial charge on any atom is -0.480 e. The Morgan fingerprint density at radius 3 is 3.07 bits per heavy atom. The Morgan fingerprint density at radius 2 is 2.43 bits per heavy atom. The van der Waals surface area contributed by atoms with Crippen molar-refractivity contribution in [2.75, 3.05) is 20.2 Å². The summed E-state index contributed by atoms with van der Waals surface area (Å²) in [6, 6.07) is 0. The Balaban J connectivity index is 2.29. The molecule has 76 valence electrons. The molecule has 1 N–H and O–H groups in total. The zero-order valence-corrected chi connectivity index (χ0v) is 9.28. The van der Waals surface area contributed by atoms with Gasteiger partial charge in [0.05, 0.1) is 12.5 Å². The summed E-state index contributed by atoms with van der Waals surface area (Å²) in [7, 11) is 1.65. The number of nitrogens with zero attached hydrogens (tertiary/aromatic N) is 1. The molecule has 1 aliphatic rings. The molecule has 0 aliphatic carbocycles. The van der Waals surface area contributed by atoms with Crippen LogP contribution < -0.4 is 10.1 Å². The van der Waals surface area contributed by atoms with Crippen LogP contribution in [-0.4, -0.2) is 25.2 Å². The molecule has 0 unspecified atom stereocenters. The lowest BCUT2D eigenvalue weighted by molar-refractivity contribution is 0.400. The first-order valence-corrected chi connectivity index (χ1v) is 5.58.